The Labute approximate surface area is 149 Å². The highest BCUT2D eigenvalue weighted by molar-refractivity contribution is 7.98. The molecule has 1 atom stereocenters. The number of aryl methyl sites for hydroxylation is 1. The standard InChI is InChI=1S/C20H17NO3S/c1-21-16-6-4-3-5-14(16)19-18(20(21)23)15(11-17(22)24-19)12-7-9-13(25-2)10-8-12/h3-10,15H,11H2,1-2H3. The number of pyridine rings is 1. The van der Waals surface area contributed by atoms with Crippen molar-refractivity contribution in [1.82, 2.24) is 4.57 Å². The molecule has 2 aromatic carbocycles. The van der Waals surface area contributed by atoms with Crippen molar-refractivity contribution in [2.75, 3.05) is 6.26 Å². The molecule has 1 aliphatic rings. The van der Waals surface area contributed by atoms with E-state index in [1.807, 2.05) is 54.8 Å². The fraction of sp³-hybridized carbons (Fsp3) is 0.200. The molecule has 0 radical (unpaired) electrons. The van der Waals surface area contributed by atoms with Crippen LogP contribution < -0.4 is 10.3 Å². The van der Waals surface area contributed by atoms with Crippen LogP contribution >= 0.6 is 11.8 Å². The molecule has 1 aliphatic heterocycles. The molecule has 4 nitrogen and oxygen atoms in total. The monoisotopic (exact) mass is 351 g/mol. The summed E-state index contributed by atoms with van der Waals surface area (Å²) >= 11 is 1.66. The maximum Gasteiger partial charge on any atom is 0.312 e. The maximum atomic E-state index is 13.0. The molecular weight excluding hydrogens is 334 g/mol. The van der Waals surface area contributed by atoms with Gasteiger partial charge in [-0.15, -0.1) is 11.8 Å². The van der Waals surface area contributed by atoms with E-state index in [1.165, 1.54) is 0 Å². The van der Waals surface area contributed by atoms with E-state index in [9.17, 15) is 9.59 Å². The number of rotatable bonds is 2. The number of carbonyl (C=O) groups excluding carboxylic acids is 1. The van der Waals surface area contributed by atoms with E-state index < -0.39 is 0 Å². The number of esters is 1. The van der Waals surface area contributed by atoms with E-state index in [-0.39, 0.29) is 23.9 Å². The Balaban J connectivity index is 1.99. The second-order valence-electron chi connectivity index (χ2n) is 6.13. The van der Waals surface area contributed by atoms with E-state index >= 15 is 0 Å². The molecule has 0 fully saturated rings. The molecule has 1 aromatic heterocycles. The summed E-state index contributed by atoms with van der Waals surface area (Å²) in [6.07, 6.45) is 2.20. The summed E-state index contributed by atoms with van der Waals surface area (Å²) < 4.78 is 7.16. The van der Waals surface area contributed by atoms with E-state index in [0.29, 0.717) is 11.3 Å². The predicted octanol–water partition coefficient (Wildman–Crippen LogP) is 3.70. The summed E-state index contributed by atoms with van der Waals surface area (Å²) in [5.74, 6) is -0.172. The summed E-state index contributed by atoms with van der Waals surface area (Å²) in [7, 11) is 1.76. The van der Waals surface area contributed by atoms with Crippen molar-refractivity contribution in [3.05, 3.63) is 70.0 Å². The highest BCUT2D eigenvalue weighted by atomic mass is 32.2. The van der Waals surface area contributed by atoms with Gasteiger partial charge >= 0.3 is 5.97 Å². The number of hydrogen-bond acceptors (Lipinski definition) is 4. The molecule has 3 aromatic rings. The van der Waals surface area contributed by atoms with E-state index in [0.717, 1.165) is 21.4 Å². The van der Waals surface area contributed by atoms with Crippen LogP contribution in [0.4, 0.5) is 0 Å². The van der Waals surface area contributed by atoms with Crippen molar-refractivity contribution < 1.29 is 9.53 Å². The SMILES string of the molecule is CSc1ccc(C2CC(=O)Oc3c2c(=O)n(C)c2ccccc32)cc1. The zero-order valence-electron chi connectivity index (χ0n) is 14.0. The summed E-state index contributed by atoms with van der Waals surface area (Å²) in [6.45, 7) is 0. The van der Waals surface area contributed by atoms with Gasteiger partial charge in [0.2, 0.25) is 0 Å². The van der Waals surface area contributed by atoms with Crippen LogP contribution in [0, 0.1) is 0 Å². The van der Waals surface area contributed by atoms with Crippen LogP contribution in [-0.4, -0.2) is 16.8 Å². The number of thioether (sulfide) groups is 1. The molecule has 126 valence electrons. The number of carbonyl (C=O) groups is 1. The third-order valence-corrected chi connectivity index (χ3v) is 5.49. The molecule has 0 spiro atoms. The second kappa shape index (κ2) is 6.08. The molecule has 0 aliphatic carbocycles. The number of ether oxygens (including phenoxy) is 1. The van der Waals surface area contributed by atoms with Gasteiger partial charge < -0.3 is 9.30 Å². The third kappa shape index (κ3) is 2.55. The van der Waals surface area contributed by atoms with Crippen molar-refractivity contribution in [2.45, 2.75) is 17.2 Å². The molecule has 0 amide bonds. The first-order valence-electron chi connectivity index (χ1n) is 8.06. The first-order valence-corrected chi connectivity index (χ1v) is 9.29. The summed E-state index contributed by atoms with van der Waals surface area (Å²) in [5, 5.41) is 0.790. The number of hydrogen-bond donors (Lipinski definition) is 0. The van der Waals surface area contributed by atoms with Gasteiger partial charge in [-0.05, 0) is 36.1 Å². The van der Waals surface area contributed by atoms with Gasteiger partial charge in [0.1, 0.15) is 5.75 Å². The van der Waals surface area contributed by atoms with Crippen LogP contribution in [0.5, 0.6) is 5.75 Å². The molecular formula is C20H17NO3S. The average Bonchev–Trinajstić information content (AvgIpc) is 2.65. The van der Waals surface area contributed by atoms with Crippen LogP contribution in [0.3, 0.4) is 0 Å². The van der Waals surface area contributed by atoms with Crippen molar-refractivity contribution >= 4 is 28.6 Å². The summed E-state index contributed by atoms with van der Waals surface area (Å²) in [6, 6.07) is 15.5. The van der Waals surface area contributed by atoms with Gasteiger partial charge in [0.05, 0.1) is 17.5 Å². The fourth-order valence-corrected chi connectivity index (χ4v) is 3.86. The molecule has 0 bridgehead atoms. The predicted molar refractivity (Wildman–Crippen MR) is 99.5 cm³/mol. The molecule has 5 heteroatoms. The van der Waals surface area contributed by atoms with Crippen LogP contribution in [0.15, 0.2) is 58.2 Å². The lowest BCUT2D eigenvalue weighted by Gasteiger charge is -2.26. The van der Waals surface area contributed by atoms with Gasteiger partial charge in [0.25, 0.3) is 5.56 Å². The minimum absolute atomic E-state index is 0.111. The van der Waals surface area contributed by atoms with E-state index in [2.05, 4.69) is 0 Å². The minimum Gasteiger partial charge on any atom is -0.425 e. The Kier molecular flexibility index (Phi) is 3.88. The topological polar surface area (TPSA) is 48.3 Å². The number of nitrogens with zero attached hydrogens (tertiary/aromatic N) is 1. The Morgan fingerprint density at radius 2 is 1.80 bits per heavy atom. The average molecular weight is 351 g/mol. The lowest BCUT2D eigenvalue weighted by molar-refractivity contribution is -0.135. The van der Waals surface area contributed by atoms with E-state index in [1.54, 1.807) is 23.4 Å². The normalized spacial score (nSPS) is 16.6. The van der Waals surface area contributed by atoms with Crippen LogP contribution in [0.1, 0.15) is 23.5 Å². The molecule has 2 heterocycles. The molecule has 1 unspecified atom stereocenters. The minimum atomic E-state index is -0.301. The zero-order valence-corrected chi connectivity index (χ0v) is 14.8. The van der Waals surface area contributed by atoms with Crippen molar-refractivity contribution in [3.8, 4) is 5.75 Å². The Hall–Kier alpha value is -2.53. The van der Waals surface area contributed by atoms with Gasteiger partial charge in [-0.3, -0.25) is 9.59 Å². The molecule has 0 N–H and O–H groups in total. The Bertz CT molecular complexity index is 1040. The van der Waals surface area contributed by atoms with Crippen molar-refractivity contribution in [2.24, 2.45) is 7.05 Å². The molecule has 4 rings (SSSR count). The third-order valence-electron chi connectivity index (χ3n) is 4.74. The quantitative estimate of drug-likeness (QED) is 0.522. The molecule has 25 heavy (non-hydrogen) atoms. The van der Waals surface area contributed by atoms with E-state index in [4.69, 9.17) is 4.74 Å². The van der Waals surface area contributed by atoms with Gasteiger partial charge in [-0.2, -0.15) is 0 Å². The van der Waals surface area contributed by atoms with Crippen LogP contribution in [0.25, 0.3) is 10.9 Å². The highest BCUT2D eigenvalue weighted by Crippen LogP contribution is 2.40. The van der Waals surface area contributed by atoms with Crippen LogP contribution in [0.2, 0.25) is 0 Å². The zero-order chi connectivity index (χ0) is 17.6. The first kappa shape index (κ1) is 16.0. The van der Waals surface area contributed by atoms with Crippen molar-refractivity contribution in [1.29, 1.82) is 0 Å². The highest BCUT2D eigenvalue weighted by Gasteiger charge is 2.33. The first-order chi connectivity index (χ1) is 12.1. The smallest absolute Gasteiger partial charge is 0.312 e. The van der Waals surface area contributed by atoms with Gasteiger partial charge in [-0.1, -0.05) is 24.3 Å². The number of benzene rings is 2. The Morgan fingerprint density at radius 3 is 2.52 bits per heavy atom. The second-order valence-corrected chi connectivity index (χ2v) is 7.01. The summed E-state index contributed by atoms with van der Waals surface area (Å²) in [5.41, 5.74) is 2.18. The van der Waals surface area contributed by atoms with Gasteiger partial charge in [0, 0.05) is 23.2 Å². The largest absolute Gasteiger partial charge is 0.425 e. The molecule has 0 saturated carbocycles. The van der Waals surface area contributed by atoms with Crippen LogP contribution in [-0.2, 0) is 11.8 Å². The van der Waals surface area contributed by atoms with Gasteiger partial charge in [-0.25, -0.2) is 0 Å². The Morgan fingerprint density at radius 1 is 1.08 bits per heavy atom. The number of fused-ring (bicyclic) bond motifs is 3. The lowest BCUT2D eigenvalue weighted by atomic mass is 9.86. The number of aromatic nitrogens is 1. The maximum absolute atomic E-state index is 13.0. The fourth-order valence-electron chi connectivity index (χ4n) is 3.45. The molecule has 0 saturated heterocycles. The van der Waals surface area contributed by atoms with Crippen molar-refractivity contribution in [3.63, 3.8) is 0 Å². The number of para-hydroxylation sites is 1. The summed E-state index contributed by atoms with van der Waals surface area (Å²) in [4.78, 5) is 26.4. The lowest BCUT2D eigenvalue weighted by Crippen LogP contribution is -2.31. The van der Waals surface area contributed by atoms with Gasteiger partial charge in [0.15, 0.2) is 0 Å².